The summed E-state index contributed by atoms with van der Waals surface area (Å²) in [7, 11) is 0. The Morgan fingerprint density at radius 3 is 2.75 bits per heavy atom. The summed E-state index contributed by atoms with van der Waals surface area (Å²) < 4.78 is 18.7. The molecule has 0 saturated heterocycles. The van der Waals surface area contributed by atoms with Crippen molar-refractivity contribution in [2.45, 2.75) is 6.61 Å². The molecule has 0 fully saturated rings. The highest BCUT2D eigenvalue weighted by molar-refractivity contribution is 6.31. The highest BCUT2D eigenvalue weighted by Gasteiger charge is 2.10. The molecular weight excluding hydrogens is 285 g/mol. The topological polar surface area (TPSA) is 72.5 Å². The summed E-state index contributed by atoms with van der Waals surface area (Å²) in [6.07, 6.45) is 0. The van der Waals surface area contributed by atoms with Crippen molar-refractivity contribution < 1.29 is 19.0 Å². The summed E-state index contributed by atoms with van der Waals surface area (Å²) in [4.78, 5) is 10.8. The molecule has 0 amide bonds. The molecule has 104 valence electrons. The molecule has 0 aliphatic rings. The Hall–Kier alpha value is -2.27. The van der Waals surface area contributed by atoms with E-state index in [4.69, 9.17) is 27.2 Å². The summed E-state index contributed by atoms with van der Waals surface area (Å²) in [6.45, 7) is 0.0580. The molecule has 0 radical (unpaired) electrons. The van der Waals surface area contributed by atoms with Crippen molar-refractivity contribution in [2.75, 3.05) is 5.73 Å². The van der Waals surface area contributed by atoms with Gasteiger partial charge in [0.2, 0.25) is 0 Å². The number of aromatic carboxylic acids is 1. The van der Waals surface area contributed by atoms with E-state index in [2.05, 4.69) is 0 Å². The molecule has 0 unspecified atom stereocenters. The molecule has 4 nitrogen and oxygen atoms in total. The molecule has 0 saturated carbocycles. The SMILES string of the molecule is Nc1cc(OCc2cccc(F)c2Cl)ccc1C(=O)O. The number of nitrogens with two attached hydrogens (primary N) is 1. The van der Waals surface area contributed by atoms with E-state index in [1.807, 2.05) is 0 Å². The molecule has 0 spiro atoms. The molecule has 2 aromatic rings. The highest BCUT2D eigenvalue weighted by Crippen LogP contribution is 2.24. The molecule has 3 N–H and O–H groups in total. The second-order valence-corrected chi connectivity index (χ2v) is 4.43. The van der Waals surface area contributed by atoms with Crippen LogP contribution in [0.2, 0.25) is 5.02 Å². The molecule has 0 aliphatic heterocycles. The van der Waals surface area contributed by atoms with E-state index < -0.39 is 11.8 Å². The number of ether oxygens (including phenoxy) is 1. The Balaban J connectivity index is 2.13. The zero-order valence-electron chi connectivity index (χ0n) is 10.3. The van der Waals surface area contributed by atoms with Gasteiger partial charge in [0, 0.05) is 17.3 Å². The van der Waals surface area contributed by atoms with Crippen LogP contribution in [0.1, 0.15) is 15.9 Å². The molecule has 2 aromatic carbocycles. The third-order valence-corrected chi connectivity index (χ3v) is 3.10. The quantitative estimate of drug-likeness (QED) is 0.849. The van der Waals surface area contributed by atoms with Gasteiger partial charge in [-0.25, -0.2) is 9.18 Å². The zero-order chi connectivity index (χ0) is 14.7. The number of halogens is 2. The lowest BCUT2D eigenvalue weighted by atomic mass is 10.2. The van der Waals surface area contributed by atoms with Gasteiger partial charge < -0.3 is 15.6 Å². The van der Waals surface area contributed by atoms with Gasteiger partial charge in [0.15, 0.2) is 0 Å². The van der Waals surface area contributed by atoms with Gasteiger partial charge in [0.05, 0.1) is 10.6 Å². The largest absolute Gasteiger partial charge is 0.489 e. The predicted molar refractivity (Wildman–Crippen MR) is 73.6 cm³/mol. The minimum Gasteiger partial charge on any atom is -0.489 e. The fourth-order valence-corrected chi connectivity index (χ4v) is 1.83. The lowest BCUT2D eigenvalue weighted by Crippen LogP contribution is -2.03. The van der Waals surface area contributed by atoms with E-state index in [1.54, 1.807) is 6.07 Å². The molecule has 0 atom stereocenters. The lowest BCUT2D eigenvalue weighted by molar-refractivity contribution is 0.0698. The van der Waals surface area contributed by atoms with E-state index in [0.717, 1.165) is 0 Å². The third kappa shape index (κ3) is 3.00. The van der Waals surface area contributed by atoms with Gasteiger partial charge in [-0.2, -0.15) is 0 Å². The number of carboxylic acids is 1. The van der Waals surface area contributed by atoms with Crippen molar-refractivity contribution in [3.63, 3.8) is 0 Å². The fourth-order valence-electron chi connectivity index (χ4n) is 1.65. The number of hydrogen-bond acceptors (Lipinski definition) is 3. The zero-order valence-corrected chi connectivity index (χ0v) is 11.0. The van der Waals surface area contributed by atoms with Crippen LogP contribution in [-0.4, -0.2) is 11.1 Å². The molecule has 20 heavy (non-hydrogen) atoms. The number of anilines is 1. The monoisotopic (exact) mass is 295 g/mol. The van der Waals surface area contributed by atoms with E-state index in [0.29, 0.717) is 11.3 Å². The second-order valence-electron chi connectivity index (χ2n) is 4.06. The first-order valence-corrected chi connectivity index (χ1v) is 6.05. The summed E-state index contributed by atoms with van der Waals surface area (Å²) in [6, 6.07) is 8.65. The van der Waals surface area contributed by atoms with Crippen LogP contribution in [0.5, 0.6) is 5.75 Å². The maximum atomic E-state index is 13.2. The predicted octanol–water partition coefficient (Wildman–Crippen LogP) is 3.34. The number of hydrogen-bond donors (Lipinski definition) is 2. The molecule has 2 rings (SSSR count). The molecule has 6 heteroatoms. The first-order chi connectivity index (χ1) is 9.49. The van der Waals surface area contributed by atoms with Gasteiger partial charge in [-0.15, -0.1) is 0 Å². The van der Waals surface area contributed by atoms with Crippen LogP contribution < -0.4 is 10.5 Å². The Morgan fingerprint density at radius 2 is 2.10 bits per heavy atom. The molecular formula is C14H11ClFNO3. The van der Waals surface area contributed by atoms with E-state index >= 15 is 0 Å². The first kappa shape index (κ1) is 14.1. The van der Waals surface area contributed by atoms with E-state index in [-0.39, 0.29) is 22.9 Å². The van der Waals surface area contributed by atoms with Crippen LogP contribution in [0.3, 0.4) is 0 Å². The highest BCUT2D eigenvalue weighted by atomic mass is 35.5. The number of benzene rings is 2. The Labute approximate surface area is 119 Å². The van der Waals surface area contributed by atoms with Gasteiger partial charge >= 0.3 is 5.97 Å². The maximum Gasteiger partial charge on any atom is 0.337 e. The van der Waals surface area contributed by atoms with E-state index in [9.17, 15) is 9.18 Å². The smallest absolute Gasteiger partial charge is 0.337 e. The average Bonchev–Trinajstić information content (AvgIpc) is 2.40. The van der Waals surface area contributed by atoms with Crippen LogP contribution >= 0.6 is 11.6 Å². The lowest BCUT2D eigenvalue weighted by Gasteiger charge is -2.09. The Kier molecular flexibility index (Phi) is 4.10. The maximum absolute atomic E-state index is 13.2. The molecule has 0 aliphatic carbocycles. The number of nitrogen functional groups attached to an aromatic ring is 1. The number of carbonyl (C=O) groups is 1. The Morgan fingerprint density at radius 1 is 1.35 bits per heavy atom. The van der Waals surface area contributed by atoms with Crippen LogP contribution in [0.25, 0.3) is 0 Å². The van der Waals surface area contributed by atoms with Crippen molar-refractivity contribution in [3.8, 4) is 5.75 Å². The summed E-state index contributed by atoms with van der Waals surface area (Å²) >= 11 is 5.80. The van der Waals surface area contributed by atoms with Gasteiger partial charge in [0.25, 0.3) is 0 Å². The summed E-state index contributed by atoms with van der Waals surface area (Å²) in [5.41, 5.74) is 6.19. The number of carboxylic acid groups (broad SMARTS) is 1. The van der Waals surface area contributed by atoms with Crippen molar-refractivity contribution in [1.82, 2.24) is 0 Å². The second kappa shape index (κ2) is 5.79. The van der Waals surface area contributed by atoms with Crippen LogP contribution in [-0.2, 0) is 6.61 Å². The number of rotatable bonds is 4. The van der Waals surface area contributed by atoms with Crippen molar-refractivity contribution in [2.24, 2.45) is 0 Å². The van der Waals surface area contributed by atoms with Gasteiger partial charge in [0.1, 0.15) is 18.2 Å². The average molecular weight is 296 g/mol. The van der Waals surface area contributed by atoms with Crippen LogP contribution in [0, 0.1) is 5.82 Å². The van der Waals surface area contributed by atoms with Gasteiger partial charge in [-0.3, -0.25) is 0 Å². The van der Waals surface area contributed by atoms with Crippen molar-refractivity contribution in [1.29, 1.82) is 0 Å². The van der Waals surface area contributed by atoms with E-state index in [1.165, 1.54) is 30.3 Å². The summed E-state index contributed by atoms with van der Waals surface area (Å²) in [5, 5.41) is 8.85. The molecule has 0 aromatic heterocycles. The van der Waals surface area contributed by atoms with Crippen molar-refractivity contribution in [3.05, 3.63) is 58.4 Å². The standard InChI is InChI=1S/C14H11ClFNO3/c15-13-8(2-1-3-11(13)16)7-20-9-4-5-10(14(18)19)12(17)6-9/h1-6H,7,17H2,(H,18,19). The minimum absolute atomic E-state index is 0.00105. The molecule has 0 bridgehead atoms. The fraction of sp³-hybridized carbons (Fsp3) is 0.0714. The van der Waals surface area contributed by atoms with Gasteiger partial charge in [-0.1, -0.05) is 23.7 Å². The Bertz CT molecular complexity index is 661. The van der Waals surface area contributed by atoms with Crippen LogP contribution in [0.4, 0.5) is 10.1 Å². The molecule has 0 heterocycles. The third-order valence-electron chi connectivity index (χ3n) is 2.68. The van der Waals surface area contributed by atoms with Crippen LogP contribution in [0.15, 0.2) is 36.4 Å². The van der Waals surface area contributed by atoms with Gasteiger partial charge in [-0.05, 0) is 18.2 Å². The summed E-state index contributed by atoms with van der Waals surface area (Å²) in [5.74, 6) is -1.25. The minimum atomic E-state index is -1.11. The first-order valence-electron chi connectivity index (χ1n) is 5.67. The van der Waals surface area contributed by atoms with Crippen molar-refractivity contribution >= 4 is 23.3 Å². The normalized spacial score (nSPS) is 10.3.